The molecular formula is C101H98O11. The summed E-state index contributed by atoms with van der Waals surface area (Å²) in [5.74, 6) is 10.9. The van der Waals surface area contributed by atoms with E-state index < -0.39 is 0 Å². The zero-order valence-electron chi connectivity index (χ0n) is 64.2. The van der Waals surface area contributed by atoms with Crippen LogP contribution in [0.5, 0.6) is 80.5 Å². The Labute approximate surface area is 653 Å². The topological polar surface area (TPSA) is 190 Å². The second kappa shape index (κ2) is 28.6. The van der Waals surface area contributed by atoms with Crippen LogP contribution < -0.4 is 14.2 Å². The summed E-state index contributed by atoms with van der Waals surface area (Å²) < 4.78 is 20.4. The van der Waals surface area contributed by atoms with E-state index in [1.807, 2.05) is 86.6 Å². The van der Waals surface area contributed by atoms with E-state index in [9.17, 15) is 40.9 Å². The van der Waals surface area contributed by atoms with Gasteiger partial charge < -0.3 is 55.1 Å². The first kappa shape index (κ1) is 71.3. The average Bonchev–Trinajstić information content (AvgIpc) is 0.698. The van der Waals surface area contributed by atoms with Crippen molar-refractivity contribution < 1.29 is 55.1 Å². The van der Waals surface area contributed by atoms with Crippen molar-refractivity contribution in [3.63, 3.8) is 0 Å². The van der Waals surface area contributed by atoms with Crippen molar-refractivity contribution in [1.29, 1.82) is 0 Å². The fourth-order valence-electron chi connectivity index (χ4n) is 21.8. The normalized spacial score (nSPS) is 18.5. The molecular weight excluding hydrogens is 1390 g/mol. The molecule has 3 aliphatic heterocycles. The van der Waals surface area contributed by atoms with Gasteiger partial charge in [-0.25, -0.2) is 0 Å². The molecule has 4 aliphatic carbocycles. The molecule has 568 valence electrons. The van der Waals surface area contributed by atoms with Crippen LogP contribution in [0, 0.1) is 43.4 Å². The van der Waals surface area contributed by atoms with Gasteiger partial charge in [0.15, 0.2) is 0 Å². The first-order chi connectivity index (χ1) is 54.4. The summed E-state index contributed by atoms with van der Waals surface area (Å²) in [6.07, 6.45) is 28.4. The lowest BCUT2D eigenvalue weighted by atomic mass is 9.65. The standard InChI is InChI=1S/C41H38O5.C33H36O3.C27H24O3/c42-25-10-14-29-33(18-25)35-20-27(44)12-16-31(35)40-38(29)37(24-8-6-23(7-9-24)22-4-2-1-3-5-22)39-30-15-11-26(43)19-34(30)36-21-28(45)13-17-32(36)41(39)46-40;1-20-12-23-18-31-27(14-25(23)16-29(20)34)33(3,11-7-10-22-8-5-4-6-9-22)28-15-26-17-30(35)21(2)13-24(26)19-32(28)36-31;28-19-8-12-21-17(14-19)6-10-23-25(16-4-2-1-3-5-16)24-11-7-18-15-20(29)9-13-22(18)27(24)30-26(21)23/h10-24,37,42-45H,1-9H2;12-19,22,34-35H,4-11H2,1-3H3;6-16,25,28-29H,1-5H2. The molecule has 0 aromatic heterocycles. The number of phenols is 8. The van der Waals surface area contributed by atoms with Crippen LogP contribution in [0.3, 0.4) is 0 Å². The van der Waals surface area contributed by atoms with E-state index in [0.717, 1.165) is 180 Å². The molecule has 7 aliphatic rings. The van der Waals surface area contributed by atoms with Crippen LogP contribution in [-0.4, -0.2) is 40.9 Å². The number of ether oxygens (including phenoxy) is 3. The highest BCUT2D eigenvalue weighted by Crippen LogP contribution is 2.62. The van der Waals surface area contributed by atoms with Crippen molar-refractivity contribution in [2.45, 2.75) is 179 Å². The minimum absolute atomic E-state index is 0.0153. The third-order valence-electron chi connectivity index (χ3n) is 27.5. The Balaban J connectivity index is 0.000000116. The lowest BCUT2D eigenvalue weighted by Gasteiger charge is -2.42. The Morgan fingerprint density at radius 3 is 1.13 bits per heavy atom. The van der Waals surface area contributed by atoms with Crippen LogP contribution in [0.1, 0.15) is 205 Å². The van der Waals surface area contributed by atoms with Crippen molar-refractivity contribution in [3.05, 3.63) is 226 Å². The molecule has 14 aromatic carbocycles. The van der Waals surface area contributed by atoms with E-state index in [-0.39, 0.29) is 45.8 Å². The average molecular weight is 1490 g/mol. The lowest BCUT2D eigenvalue weighted by molar-refractivity contribution is 0.159. The molecule has 112 heavy (non-hydrogen) atoms. The molecule has 0 amide bonds. The molecule has 21 rings (SSSR count). The third-order valence-corrected chi connectivity index (χ3v) is 27.5. The van der Waals surface area contributed by atoms with Crippen molar-refractivity contribution in [2.75, 3.05) is 0 Å². The summed E-state index contributed by atoms with van der Waals surface area (Å²) in [4.78, 5) is 0. The molecule has 14 aromatic rings. The number of hydrogen-bond donors (Lipinski definition) is 8. The zero-order chi connectivity index (χ0) is 76.4. The SMILES string of the molecule is Cc1cc2cc3c(cc2cc1O)C(C)(CCCC1CCCCC1)c1cc2cc(O)c(C)cc2cc1O3.Oc1ccc2c3c(c4ccc(O)cc4c2c1)C(C1CCC(C2CCCCC2)CC1)c1c(c2ccc(O)cc2c2cc(O)ccc12)O3.Oc1ccc2c3c(ccc2c1)C(C1CCCCC1)c1ccc2cc(O)ccc2c1O3. The van der Waals surface area contributed by atoms with Crippen molar-refractivity contribution in [3.8, 4) is 80.5 Å². The molecule has 11 nitrogen and oxygen atoms in total. The molecule has 0 atom stereocenters. The van der Waals surface area contributed by atoms with Gasteiger partial charge in [-0.3, -0.25) is 0 Å². The highest BCUT2D eigenvalue weighted by atomic mass is 16.5. The molecule has 0 unspecified atom stereocenters. The van der Waals surface area contributed by atoms with Gasteiger partial charge in [-0.05, 0) is 310 Å². The van der Waals surface area contributed by atoms with Gasteiger partial charge in [0.25, 0.3) is 0 Å². The predicted molar refractivity (Wildman–Crippen MR) is 451 cm³/mol. The maximum absolute atomic E-state index is 10.7. The molecule has 3 heterocycles. The molecule has 4 fully saturated rings. The Morgan fingerprint density at radius 2 is 0.670 bits per heavy atom. The van der Waals surface area contributed by atoms with E-state index in [0.29, 0.717) is 29.3 Å². The number of phenolic OH excluding ortho intramolecular Hbond substituents is 8. The predicted octanol–water partition coefficient (Wildman–Crippen LogP) is 27.2. The van der Waals surface area contributed by atoms with Gasteiger partial charge in [0.1, 0.15) is 80.5 Å². The lowest BCUT2D eigenvalue weighted by Crippen LogP contribution is -2.28. The van der Waals surface area contributed by atoms with Crippen molar-refractivity contribution in [2.24, 2.45) is 29.6 Å². The van der Waals surface area contributed by atoms with E-state index in [4.69, 9.17) is 14.2 Å². The number of benzene rings is 14. The zero-order valence-corrected chi connectivity index (χ0v) is 64.2. The molecule has 0 bridgehead atoms. The minimum Gasteiger partial charge on any atom is -0.508 e. The van der Waals surface area contributed by atoms with Crippen LogP contribution in [0.25, 0.3) is 86.2 Å². The van der Waals surface area contributed by atoms with Gasteiger partial charge in [-0.1, -0.05) is 140 Å². The first-order valence-corrected chi connectivity index (χ1v) is 41.4. The number of hydrogen-bond acceptors (Lipinski definition) is 11. The number of aryl methyl sites for hydroxylation is 2. The summed E-state index contributed by atoms with van der Waals surface area (Å²) in [5, 5.41) is 98.7. The minimum atomic E-state index is -0.221. The van der Waals surface area contributed by atoms with Gasteiger partial charge >= 0.3 is 0 Å². The quantitative estimate of drug-likeness (QED) is 0.0709. The van der Waals surface area contributed by atoms with E-state index in [1.165, 1.54) is 144 Å². The van der Waals surface area contributed by atoms with Gasteiger partial charge in [0.2, 0.25) is 0 Å². The summed E-state index contributed by atoms with van der Waals surface area (Å²) in [5.41, 5.74) is 8.67. The number of rotatable bonds is 7. The fourth-order valence-corrected chi connectivity index (χ4v) is 21.8. The number of aromatic hydroxyl groups is 8. The Kier molecular flexibility index (Phi) is 18.2. The number of fused-ring (bicyclic) bond motifs is 22. The maximum atomic E-state index is 10.7. The Morgan fingerprint density at radius 1 is 0.304 bits per heavy atom. The van der Waals surface area contributed by atoms with Crippen LogP contribution in [0.15, 0.2) is 182 Å². The van der Waals surface area contributed by atoms with Crippen molar-refractivity contribution >= 4 is 86.2 Å². The van der Waals surface area contributed by atoms with Crippen LogP contribution >= 0.6 is 0 Å². The summed E-state index contributed by atoms with van der Waals surface area (Å²) in [6.45, 7) is 6.22. The van der Waals surface area contributed by atoms with E-state index in [1.54, 1.807) is 60.7 Å². The Bertz CT molecular complexity index is 5780. The fraction of sp³-hybridized carbons (Fsp3) is 0.327. The molecule has 0 radical (unpaired) electrons. The van der Waals surface area contributed by atoms with Crippen LogP contribution in [0.2, 0.25) is 0 Å². The second-order valence-electron chi connectivity index (χ2n) is 34.3. The van der Waals surface area contributed by atoms with Crippen LogP contribution in [0.4, 0.5) is 0 Å². The first-order valence-electron chi connectivity index (χ1n) is 41.4. The molecule has 8 N–H and O–H groups in total. The molecule has 11 heteroatoms. The van der Waals surface area contributed by atoms with Gasteiger partial charge in [-0.15, -0.1) is 0 Å². The smallest absolute Gasteiger partial charge is 0.139 e. The highest BCUT2D eigenvalue weighted by molar-refractivity contribution is 6.17. The molecule has 0 spiro atoms. The van der Waals surface area contributed by atoms with Gasteiger partial charge in [0.05, 0.1) is 0 Å². The monoisotopic (exact) mass is 1490 g/mol. The highest BCUT2D eigenvalue weighted by Gasteiger charge is 2.44. The maximum Gasteiger partial charge on any atom is 0.139 e. The summed E-state index contributed by atoms with van der Waals surface area (Å²) in [7, 11) is 0. The molecule has 0 saturated heterocycles. The van der Waals surface area contributed by atoms with E-state index in [2.05, 4.69) is 55.5 Å². The van der Waals surface area contributed by atoms with Crippen molar-refractivity contribution in [1.82, 2.24) is 0 Å². The Hall–Kier alpha value is -11.0. The van der Waals surface area contributed by atoms with Gasteiger partial charge in [-0.2, -0.15) is 0 Å². The summed E-state index contributed by atoms with van der Waals surface area (Å²) >= 11 is 0. The van der Waals surface area contributed by atoms with E-state index >= 15 is 0 Å². The largest absolute Gasteiger partial charge is 0.508 e. The van der Waals surface area contributed by atoms with Crippen LogP contribution in [-0.2, 0) is 5.41 Å². The third kappa shape index (κ3) is 12.7. The second-order valence-corrected chi connectivity index (χ2v) is 34.3. The van der Waals surface area contributed by atoms with Gasteiger partial charge in [0, 0.05) is 72.2 Å². The molecule has 4 saturated carbocycles. The summed E-state index contributed by atoms with van der Waals surface area (Å²) in [6, 6.07) is 58.1.